The van der Waals surface area contributed by atoms with E-state index < -0.39 is 0 Å². The molecular weight excluding hydrogens is 344 g/mol. The zero-order chi connectivity index (χ0) is 15.9. The van der Waals surface area contributed by atoms with E-state index in [1.807, 2.05) is 0 Å². The largest absolute Gasteiger partial charge is 0.0619 e. The zero-order valence-corrected chi connectivity index (χ0v) is 15.5. The molecule has 0 N–H and O–H groups in total. The lowest BCUT2D eigenvalue weighted by Gasteiger charge is -2.55. The van der Waals surface area contributed by atoms with E-state index in [0.29, 0.717) is 10.8 Å². The minimum atomic E-state index is 0.202. The Bertz CT molecular complexity index is 802. The van der Waals surface area contributed by atoms with Gasteiger partial charge >= 0.3 is 0 Å². The van der Waals surface area contributed by atoms with Crippen LogP contribution in [-0.4, -0.2) is 0 Å². The lowest BCUT2D eigenvalue weighted by atomic mass is 9.48. The molecule has 2 saturated carbocycles. The van der Waals surface area contributed by atoms with Crippen molar-refractivity contribution < 1.29 is 0 Å². The number of hydrogen-bond donors (Lipinski definition) is 0. The van der Waals surface area contributed by atoms with Crippen molar-refractivity contribution in [2.75, 3.05) is 0 Å². The fourth-order valence-electron chi connectivity index (χ4n) is 6.70. The van der Waals surface area contributed by atoms with Gasteiger partial charge < -0.3 is 0 Å². The first-order valence-corrected chi connectivity index (χ1v) is 9.71. The molecule has 118 valence electrons. The van der Waals surface area contributed by atoms with Crippen LogP contribution in [-0.2, 0) is 5.41 Å². The summed E-state index contributed by atoms with van der Waals surface area (Å²) in [6, 6.07) is 16.2. The van der Waals surface area contributed by atoms with Crippen molar-refractivity contribution in [1.82, 2.24) is 0 Å². The van der Waals surface area contributed by atoms with Gasteiger partial charge in [0.25, 0.3) is 0 Å². The molecule has 0 saturated heterocycles. The van der Waals surface area contributed by atoms with Gasteiger partial charge in [0.15, 0.2) is 0 Å². The average molecular weight is 367 g/mol. The molecule has 1 heteroatoms. The van der Waals surface area contributed by atoms with E-state index in [2.05, 4.69) is 72.2 Å². The van der Waals surface area contributed by atoms with Gasteiger partial charge in [-0.15, -0.1) is 0 Å². The summed E-state index contributed by atoms with van der Waals surface area (Å²) in [5.74, 6) is 0. The van der Waals surface area contributed by atoms with Crippen molar-refractivity contribution >= 4 is 15.9 Å². The molecule has 0 nitrogen and oxygen atoms in total. The van der Waals surface area contributed by atoms with Crippen molar-refractivity contribution in [3.8, 4) is 11.1 Å². The Kier molecular flexibility index (Phi) is 2.67. The van der Waals surface area contributed by atoms with Gasteiger partial charge in [0.1, 0.15) is 0 Å². The summed E-state index contributed by atoms with van der Waals surface area (Å²) in [6.07, 6.45) is 6.85. The van der Waals surface area contributed by atoms with Crippen LogP contribution in [0.1, 0.15) is 57.1 Å². The molecule has 2 atom stereocenters. The maximum absolute atomic E-state index is 3.76. The van der Waals surface area contributed by atoms with Gasteiger partial charge in [-0.3, -0.25) is 0 Å². The van der Waals surface area contributed by atoms with E-state index >= 15 is 0 Å². The topological polar surface area (TPSA) is 0 Å². The van der Waals surface area contributed by atoms with Gasteiger partial charge in [-0.05, 0) is 70.9 Å². The van der Waals surface area contributed by atoms with Crippen LogP contribution in [0.2, 0.25) is 0 Å². The van der Waals surface area contributed by atoms with E-state index in [0.717, 1.165) is 0 Å². The minimum Gasteiger partial charge on any atom is -0.0619 e. The highest BCUT2D eigenvalue weighted by Crippen LogP contribution is 2.76. The van der Waals surface area contributed by atoms with E-state index in [1.165, 1.54) is 47.7 Å². The van der Waals surface area contributed by atoms with Gasteiger partial charge in [-0.2, -0.15) is 0 Å². The molecule has 3 aliphatic carbocycles. The van der Waals surface area contributed by atoms with Crippen LogP contribution >= 0.6 is 15.9 Å². The summed E-state index contributed by atoms with van der Waals surface area (Å²) in [7, 11) is 0. The molecule has 1 spiro atoms. The summed E-state index contributed by atoms with van der Waals surface area (Å²) in [5.41, 5.74) is 7.14. The van der Waals surface area contributed by atoms with Crippen molar-refractivity contribution in [2.45, 2.75) is 51.4 Å². The number of halogens is 1. The van der Waals surface area contributed by atoms with Crippen LogP contribution in [0, 0.1) is 10.8 Å². The van der Waals surface area contributed by atoms with Crippen LogP contribution in [0.15, 0.2) is 46.9 Å². The summed E-state index contributed by atoms with van der Waals surface area (Å²) < 4.78 is 1.22. The van der Waals surface area contributed by atoms with E-state index in [-0.39, 0.29) is 5.41 Å². The Morgan fingerprint density at radius 2 is 1.43 bits per heavy atom. The lowest BCUT2D eigenvalue weighted by Crippen LogP contribution is -2.51. The number of fused-ring (bicyclic) bond motifs is 3. The van der Waals surface area contributed by atoms with Crippen LogP contribution < -0.4 is 0 Å². The van der Waals surface area contributed by atoms with Crippen LogP contribution in [0.25, 0.3) is 11.1 Å². The second-order valence-electron chi connectivity index (χ2n) is 8.46. The van der Waals surface area contributed by atoms with Crippen molar-refractivity contribution in [1.29, 1.82) is 0 Å². The third-order valence-electron chi connectivity index (χ3n) is 7.50. The first-order valence-electron chi connectivity index (χ1n) is 8.92. The van der Waals surface area contributed by atoms with Crippen molar-refractivity contribution in [2.24, 2.45) is 10.8 Å². The van der Waals surface area contributed by atoms with E-state index in [1.54, 1.807) is 11.1 Å². The SMILES string of the molecule is CC12CCCC(C)(CC1)C21c2ccccc2-c2ccc(Br)cc21. The maximum Gasteiger partial charge on any atom is 0.0322 e. The third-order valence-corrected chi connectivity index (χ3v) is 8.00. The summed E-state index contributed by atoms with van der Waals surface area (Å²) in [6.45, 7) is 5.15. The molecule has 2 aromatic carbocycles. The predicted octanol–water partition coefficient (Wildman–Crippen LogP) is 6.71. The normalized spacial score (nSPS) is 37.0. The molecule has 2 bridgehead atoms. The number of benzene rings is 2. The Labute approximate surface area is 147 Å². The van der Waals surface area contributed by atoms with Gasteiger partial charge in [0.2, 0.25) is 0 Å². The molecule has 3 aliphatic rings. The molecule has 0 aliphatic heterocycles. The predicted molar refractivity (Wildman–Crippen MR) is 99.7 cm³/mol. The van der Waals surface area contributed by atoms with Gasteiger partial charge in [0.05, 0.1) is 0 Å². The third kappa shape index (κ3) is 1.45. The smallest absolute Gasteiger partial charge is 0.0322 e. The molecule has 0 amide bonds. The van der Waals surface area contributed by atoms with Crippen molar-refractivity contribution in [3.05, 3.63) is 58.1 Å². The fourth-order valence-corrected chi connectivity index (χ4v) is 7.06. The van der Waals surface area contributed by atoms with Gasteiger partial charge in [-0.1, -0.05) is 66.5 Å². The average Bonchev–Trinajstić information content (AvgIpc) is 2.88. The highest BCUT2D eigenvalue weighted by atomic mass is 79.9. The Morgan fingerprint density at radius 1 is 0.783 bits per heavy atom. The van der Waals surface area contributed by atoms with E-state index in [4.69, 9.17) is 0 Å². The molecular formula is C22H23Br. The van der Waals surface area contributed by atoms with E-state index in [9.17, 15) is 0 Å². The Morgan fingerprint density at radius 3 is 2.17 bits per heavy atom. The standard InChI is InChI=1S/C22H23Br/c1-20-10-5-11-21(2,13-12-20)22(20)18-7-4-3-6-16(18)17-9-8-15(23)14-19(17)22/h3-4,6-9,14H,5,10-13H2,1-2H3. The first kappa shape index (κ1) is 14.3. The minimum absolute atomic E-state index is 0.202. The molecule has 2 unspecified atom stereocenters. The maximum atomic E-state index is 3.76. The fraction of sp³-hybridized carbons (Fsp3) is 0.455. The second kappa shape index (κ2) is 4.30. The molecule has 0 radical (unpaired) electrons. The highest BCUT2D eigenvalue weighted by molar-refractivity contribution is 9.10. The first-order chi connectivity index (χ1) is 11.0. The summed E-state index contributed by atoms with van der Waals surface area (Å²) in [5, 5.41) is 0. The molecule has 0 aromatic heterocycles. The quantitative estimate of drug-likeness (QED) is 0.486. The van der Waals surface area contributed by atoms with Crippen molar-refractivity contribution in [3.63, 3.8) is 0 Å². The number of hydrogen-bond acceptors (Lipinski definition) is 0. The molecule has 2 aromatic rings. The molecule has 0 heterocycles. The van der Waals surface area contributed by atoms with Gasteiger partial charge in [0, 0.05) is 9.89 Å². The van der Waals surface area contributed by atoms with Crippen LogP contribution in [0.5, 0.6) is 0 Å². The molecule has 23 heavy (non-hydrogen) atoms. The zero-order valence-electron chi connectivity index (χ0n) is 14.0. The highest BCUT2D eigenvalue weighted by Gasteiger charge is 2.68. The monoisotopic (exact) mass is 366 g/mol. The number of rotatable bonds is 0. The molecule has 5 rings (SSSR count). The Balaban J connectivity index is 1.96. The Hall–Kier alpha value is -1.08. The summed E-state index contributed by atoms with van der Waals surface area (Å²) in [4.78, 5) is 0. The lowest BCUT2D eigenvalue weighted by molar-refractivity contribution is 0.0563. The van der Waals surface area contributed by atoms with Gasteiger partial charge in [-0.25, -0.2) is 0 Å². The van der Waals surface area contributed by atoms with Crippen LogP contribution in [0.4, 0.5) is 0 Å². The summed E-state index contributed by atoms with van der Waals surface area (Å²) >= 11 is 3.76. The second-order valence-corrected chi connectivity index (χ2v) is 9.38. The molecule has 2 fully saturated rings. The van der Waals surface area contributed by atoms with Crippen LogP contribution in [0.3, 0.4) is 0 Å².